The van der Waals surface area contributed by atoms with Crippen molar-refractivity contribution >= 4 is 43.5 Å². The van der Waals surface area contributed by atoms with Crippen LogP contribution >= 0.6 is 15.9 Å². The first-order valence-corrected chi connectivity index (χ1v) is 15.4. The number of carbonyl (C=O) groups excluding carboxylic acids is 2. The van der Waals surface area contributed by atoms with Crippen LogP contribution in [0.25, 0.3) is 0 Å². The fourth-order valence-corrected chi connectivity index (χ4v) is 5.66. The number of benzene rings is 3. The molecule has 214 valence electrons. The number of amides is 2. The molecule has 10 heteroatoms. The van der Waals surface area contributed by atoms with Crippen LogP contribution in [0.2, 0.25) is 0 Å². The van der Waals surface area contributed by atoms with Crippen molar-refractivity contribution in [2.45, 2.75) is 57.6 Å². The van der Waals surface area contributed by atoms with E-state index in [1.165, 1.54) is 17.0 Å². The van der Waals surface area contributed by atoms with E-state index in [1.54, 1.807) is 49.4 Å². The lowest BCUT2D eigenvalue weighted by atomic mass is 10.1. The number of rotatable bonds is 13. The SMILES string of the molecule is CCOc1ccc(N(CC(=O)N(Cc2ccc(Br)cc2)[C@@H](C)C(=O)N[C@@H](C)CC)S(=O)(=O)c2ccccc2)cc1. The Morgan fingerprint density at radius 3 is 2.12 bits per heavy atom. The van der Waals surface area contributed by atoms with E-state index in [9.17, 15) is 18.0 Å². The number of hydrogen-bond acceptors (Lipinski definition) is 5. The molecule has 3 aromatic rings. The minimum Gasteiger partial charge on any atom is -0.494 e. The van der Waals surface area contributed by atoms with E-state index in [0.29, 0.717) is 18.0 Å². The number of sulfonamides is 1. The van der Waals surface area contributed by atoms with Gasteiger partial charge in [0.05, 0.1) is 17.2 Å². The maximum absolute atomic E-state index is 14.0. The lowest BCUT2D eigenvalue weighted by molar-refractivity contribution is -0.139. The molecule has 0 saturated carbocycles. The van der Waals surface area contributed by atoms with Crippen LogP contribution in [0.5, 0.6) is 5.75 Å². The second-order valence-corrected chi connectivity index (χ2v) is 12.2. The van der Waals surface area contributed by atoms with E-state index < -0.39 is 28.5 Å². The maximum Gasteiger partial charge on any atom is 0.264 e. The molecule has 0 aromatic heterocycles. The number of nitrogens with one attached hydrogen (secondary N) is 1. The molecular weight excluding hydrogens is 594 g/mol. The number of nitrogens with zero attached hydrogens (tertiary/aromatic N) is 2. The highest BCUT2D eigenvalue weighted by Gasteiger charge is 2.32. The van der Waals surface area contributed by atoms with Gasteiger partial charge in [0.2, 0.25) is 11.8 Å². The van der Waals surface area contributed by atoms with E-state index in [0.717, 1.165) is 20.8 Å². The van der Waals surface area contributed by atoms with Gasteiger partial charge in [0.15, 0.2) is 0 Å². The summed E-state index contributed by atoms with van der Waals surface area (Å²) in [5, 5.41) is 2.93. The number of halogens is 1. The van der Waals surface area contributed by atoms with Gasteiger partial charge in [-0.15, -0.1) is 0 Å². The van der Waals surface area contributed by atoms with Gasteiger partial charge in [0, 0.05) is 17.1 Å². The maximum atomic E-state index is 14.0. The van der Waals surface area contributed by atoms with Gasteiger partial charge in [-0.3, -0.25) is 13.9 Å². The monoisotopic (exact) mass is 629 g/mol. The van der Waals surface area contributed by atoms with Crippen molar-refractivity contribution in [1.29, 1.82) is 0 Å². The van der Waals surface area contributed by atoms with E-state index in [2.05, 4.69) is 21.2 Å². The Labute approximate surface area is 245 Å². The highest BCUT2D eigenvalue weighted by atomic mass is 79.9. The molecule has 0 unspecified atom stereocenters. The highest BCUT2D eigenvalue weighted by molar-refractivity contribution is 9.10. The second kappa shape index (κ2) is 14.3. The molecule has 0 radical (unpaired) electrons. The molecule has 8 nitrogen and oxygen atoms in total. The summed E-state index contributed by atoms with van der Waals surface area (Å²) in [6.45, 7) is 7.46. The van der Waals surface area contributed by atoms with E-state index in [4.69, 9.17) is 4.74 Å². The third-order valence-corrected chi connectivity index (χ3v) is 8.80. The van der Waals surface area contributed by atoms with Gasteiger partial charge in [-0.1, -0.05) is 53.2 Å². The molecule has 2 atom stereocenters. The Kier molecular flexibility index (Phi) is 11.2. The van der Waals surface area contributed by atoms with Crippen LogP contribution in [0.15, 0.2) is 88.2 Å². The van der Waals surface area contributed by atoms with Crippen LogP contribution in [-0.2, 0) is 26.2 Å². The summed E-state index contributed by atoms with van der Waals surface area (Å²) in [5.41, 5.74) is 1.11. The van der Waals surface area contributed by atoms with Gasteiger partial charge < -0.3 is 15.0 Å². The first-order chi connectivity index (χ1) is 19.1. The molecule has 0 spiro atoms. The second-order valence-electron chi connectivity index (χ2n) is 9.39. The van der Waals surface area contributed by atoms with Gasteiger partial charge in [0.1, 0.15) is 18.3 Å². The largest absolute Gasteiger partial charge is 0.494 e. The Bertz CT molecular complexity index is 1370. The fraction of sp³-hybridized carbons (Fsp3) is 0.333. The summed E-state index contributed by atoms with van der Waals surface area (Å²) in [7, 11) is -4.12. The number of ether oxygens (including phenoxy) is 1. The Balaban J connectivity index is 2.01. The molecule has 3 aromatic carbocycles. The third kappa shape index (κ3) is 8.08. The van der Waals surface area contributed by atoms with Gasteiger partial charge in [-0.05, 0) is 81.3 Å². The molecule has 0 aliphatic carbocycles. The first kappa shape index (κ1) is 31.2. The molecule has 0 bridgehead atoms. The summed E-state index contributed by atoms with van der Waals surface area (Å²) in [6.07, 6.45) is 0.736. The van der Waals surface area contributed by atoms with Crippen LogP contribution in [-0.4, -0.2) is 50.4 Å². The standard InChI is InChI=1S/C30H36BrN3O5S/c1-5-22(3)32-30(36)23(4)33(20-24-12-14-25(31)15-13-24)29(35)21-34(26-16-18-27(19-17-26)39-6-2)40(37,38)28-10-8-7-9-11-28/h7-19,22-23H,5-6,20-21H2,1-4H3,(H,32,36)/t22-,23-/m0/s1. The summed E-state index contributed by atoms with van der Waals surface area (Å²) in [6, 6.07) is 21.0. The molecule has 0 saturated heterocycles. The number of carbonyl (C=O) groups is 2. The van der Waals surface area contributed by atoms with Crippen LogP contribution in [0.3, 0.4) is 0 Å². The number of hydrogen-bond donors (Lipinski definition) is 1. The zero-order valence-electron chi connectivity index (χ0n) is 23.2. The van der Waals surface area contributed by atoms with Crippen LogP contribution in [0.4, 0.5) is 5.69 Å². The first-order valence-electron chi connectivity index (χ1n) is 13.2. The van der Waals surface area contributed by atoms with Crippen molar-refractivity contribution in [1.82, 2.24) is 10.2 Å². The van der Waals surface area contributed by atoms with E-state index >= 15 is 0 Å². The van der Waals surface area contributed by atoms with Crippen LogP contribution in [0.1, 0.15) is 39.7 Å². The summed E-state index contributed by atoms with van der Waals surface area (Å²) in [5.74, 6) is -0.233. The van der Waals surface area contributed by atoms with Gasteiger partial charge in [0.25, 0.3) is 10.0 Å². The average Bonchev–Trinajstić information content (AvgIpc) is 2.96. The van der Waals surface area contributed by atoms with Crippen molar-refractivity contribution in [3.63, 3.8) is 0 Å². The summed E-state index contributed by atoms with van der Waals surface area (Å²) < 4.78 is 35.1. The van der Waals surface area contributed by atoms with Crippen LogP contribution in [0, 0.1) is 0 Å². The molecule has 1 N–H and O–H groups in total. The van der Waals surface area contributed by atoms with E-state index in [-0.39, 0.29) is 23.4 Å². The quantitative estimate of drug-likeness (QED) is 0.274. The zero-order chi connectivity index (χ0) is 29.3. The predicted molar refractivity (Wildman–Crippen MR) is 161 cm³/mol. The fourth-order valence-electron chi connectivity index (χ4n) is 3.96. The van der Waals surface area contributed by atoms with Gasteiger partial charge in [-0.25, -0.2) is 8.42 Å². The summed E-state index contributed by atoms with van der Waals surface area (Å²) >= 11 is 3.42. The Morgan fingerprint density at radius 1 is 0.925 bits per heavy atom. The molecule has 40 heavy (non-hydrogen) atoms. The van der Waals surface area contributed by atoms with Crippen molar-refractivity contribution in [2.75, 3.05) is 17.5 Å². The molecule has 0 aliphatic rings. The molecule has 0 aliphatic heterocycles. The normalized spacial score (nSPS) is 12.7. The van der Waals surface area contributed by atoms with E-state index in [1.807, 2.05) is 45.0 Å². The third-order valence-electron chi connectivity index (χ3n) is 6.48. The van der Waals surface area contributed by atoms with Crippen LogP contribution < -0.4 is 14.4 Å². The minimum atomic E-state index is -4.12. The van der Waals surface area contributed by atoms with Crippen molar-refractivity contribution in [3.05, 3.63) is 88.9 Å². The Morgan fingerprint density at radius 2 is 1.55 bits per heavy atom. The van der Waals surface area contributed by atoms with Gasteiger partial charge >= 0.3 is 0 Å². The topological polar surface area (TPSA) is 96.0 Å². The highest BCUT2D eigenvalue weighted by Crippen LogP contribution is 2.26. The lowest BCUT2D eigenvalue weighted by Gasteiger charge is -2.32. The number of anilines is 1. The van der Waals surface area contributed by atoms with Crippen molar-refractivity contribution in [2.24, 2.45) is 0 Å². The minimum absolute atomic E-state index is 0.0544. The molecular formula is C30H36BrN3O5S. The van der Waals surface area contributed by atoms with Gasteiger partial charge in [-0.2, -0.15) is 0 Å². The zero-order valence-corrected chi connectivity index (χ0v) is 25.6. The summed E-state index contributed by atoms with van der Waals surface area (Å²) in [4.78, 5) is 28.5. The van der Waals surface area contributed by atoms with Crippen molar-refractivity contribution in [3.8, 4) is 5.75 Å². The molecule has 3 rings (SSSR count). The molecule has 0 heterocycles. The molecule has 0 fully saturated rings. The smallest absolute Gasteiger partial charge is 0.264 e. The average molecular weight is 631 g/mol. The Hall–Kier alpha value is -3.37. The molecule has 2 amide bonds. The predicted octanol–water partition coefficient (Wildman–Crippen LogP) is 5.38. The van der Waals surface area contributed by atoms with Crippen molar-refractivity contribution < 1.29 is 22.7 Å². The lowest BCUT2D eigenvalue weighted by Crippen LogP contribution is -2.52.